The number of ether oxygens (including phenoxy) is 1. The number of nitrogens with zero attached hydrogens (tertiary/aromatic N) is 1. The van der Waals surface area contributed by atoms with Crippen LogP contribution in [0.3, 0.4) is 0 Å². The number of carbonyl (C=O) groups is 1. The van der Waals surface area contributed by atoms with Crippen LogP contribution in [0, 0.1) is 0 Å². The molecule has 2 amide bonds. The molecule has 4 nitrogen and oxygen atoms in total. The van der Waals surface area contributed by atoms with Crippen molar-refractivity contribution in [2.24, 2.45) is 5.73 Å². The van der Waals surface area contributed by atoms with E-state index >= 15 is 0 Å². The minimum atomic E-state index is -4.71. The third kappa shape index (κ3) is 2.00. The number of rotatable bonds is 1. The second-order valence-corrected chi connectivity index (χ2v) is 2.34. The van der Waals surface area contributed by atoms with Gasteiger partial charge in [-0.2, -0.15) is 0 Å². The van der Waals surface area contributed by atoms with E-state index in [0.717, 1.165) is 4.90 Å². The smallest absolute Gasteiger partial charge is 0.351 e. The predicted octanol–water partition coefficient (Wildman–Crippen LogP) is 0.633. The minimum absolute atomic E-state index is 0.169. The topological polar surface area (TPSA) is 55.6 Å². The second-order valence-electron chi connectivity index (χ2n) is 2.34. The first-order valence-electron chi connectivity index (χ1n) is 3.21. The van der Waals surface area contributed by atoms with E-state index < -0.39 is 18.6 Å². The summed E-state index contributed by atoms with van der Waals surface area (Å²) in [6.45, 7) is 0.218. The molecule has 0 spiro atoms. The highest BCUT2D eigenvalue weighted by Gasteiger charge is 2.41. The molecule has 0 radical (unpaired) electrons. The fraction of sp³-hybridized carbons (Fsp3) is 0.800. The van der Waals surface area contributed by atoms with E-state index in [9.17, 15) is 18.0 Å². The van der Waals surface area contributed by atoms with Gasteiger partial charge in [0.2, 0.25) is 0 Å². The van der Waals surface area contributed by atoms with Crippen LogP contribution in [0.2, 0.25) is 0 Å². The van der Waals surface area contributed by atoms with E-state index in [2.05, 4.69) is 4.74 Å². The van der Waals surface area contributed by atoms with Crippen LogP contribution in [0.15, 0.2) is 0 Å². The Hall–Kier alpha value is -0.980. The molecular weight excluding hydrogens is 177 g/mol. The molecule has 1 aliphatic rings. The Balaban J connectivity index is 2.40. The van der Waals surface area contributed by atoms with Gasteiger partial charge in [-0.05, 0) is 0 Å². The summed E-state index contributed by atoms with van der Waals surface area (Å²) in [5, 5.41) is 0. The van der Waals surface area contributed by atoms with E-state index in [4.69, 9.17) is 5.73 Å². The molecule has 0 bridgehead atoms. The number of urea groups is 1. The maximum absolute atomic E-state index is 11.6. The summed E-state index contributed by atoms with van der Waals surface area (Å²) in [4.78, 5) is 11.2. The summed E-state index contributed by atoms with van der Waals surface area (Å²) in [6.07, 6.45) is -5.77. The van der Waals surface area contributed by atoms with Gasteiger partial charge in [-0.3, -0.25) is 9.64 Å². The number of hydrogen-bond donors (Lipinski definition) is 1. The molecule has 1 aliphatic heterocycles. The van der Waals surface area contributed by atoms with Crippen molar-refractivity contribution in [3.63, 3.8) is 0 Å². The van der Waals surface area contributed by atoms with E-state index in [1.54, 1.807) is 0 Å². The molecule has 1 atom stereocenters. The largest absolute Gasteiger partial charge is 0.524 e. The zero-order valence-corrected chi connectivity index (χ0v) is 5.97. The first kappa shape index (κ1) is 9.11. The molecule has 1 saturated heterocycles. The third-order valence-corrected chi connectivity index (χ3v) is 1.52. The van der Waals surface area contributed by atoms with Gasteiger partial charge >= 0.3 is 12.4 Å². The summed E-state index contributed by atoms with van der Waals surface area (Å²) in [5.74, 6) is 0. The molecule has 7 heteroatoms. The van der Waals surface area contributed by atoms with Crippen molar-refractivity contribution >= 4 is 6.03 Å². The highest BCUT2D eigenvalue weighted by atomic mass is 19.4. The number of nitrogens with two attached hydrogens (primary N) is 1. The van der Waals surface area contributed by atoms with E-state index in [1.807, 2.05) is 0 Å². The highest BCUT2D eigenvalue weighted by molar-refractivity contribution is 5.73. The molecule has 0 aromatic rings. The van der Waals surface area contributed by atoms with Gasteiger partial charge < -0.3 is 5.73 Å². The number of hydrogen-bond acceptors (Lipinski definition) is 2. The van der Waals surface area contributed by atoms with Gasteiger partial charge in [0, 0.05) is 13.0 Å². The zero-order chi connectivity index (χ0) is 9.35. The monoisotopic (exact) mass is 184 g/mol. The van der Waals surface area contributed by atoms with Crippen LogP contribution < -0.4 is 5.73 Å². The fourth-order valence-electron chi connectivity index (χ4n) is 0.893. The van der Waals surface area contributed by atoms with Gasteiger partial charge in [-0.15, -0.1) is 13.2 Å². The quantitative estimate of drug-likeness (QED) is 0.649. The van der Waals surface area contributed by atoms with Gasteiger partial charge in [0.05, 0.1) is 0 Å². The fourth-order valence-corrected chi connectivity index (χ4v) is 0.893. The second kappa shape index (κ2) is 2.81. The summed E-state index contributed by atoms with van der Waals surface area (Å²) in [7, 11) is 0. The van der Waals surface area contributed by atoms with Crippen molar-refractivity contribution in [2.75, 3.05) is 6.54 Å². The van der Waals surface area contributed by atoms with Crippen LogP contribution in [-0.4, -0.2) is 30.1 Å². The predicted molar refractivity (Wildman–Crippen MR) is 31.8 cm³/mol. The number of likely N-dealkylation sites (tertiary alicyclic amines) is 1. The molecular formula is C5H7F3N2O2. The third-order valence-electron chi connectivity index (χ3n) is 1.52. The van der Waals surface area contributed by atoms with Crippen molar-refractivity contribution in [2.45, 2.75) is 19.0 Å². The van der Waals surface area contributed by atoms with Crippen molar-refractivity contribution in [3.05, 3.63) is 0 Å². The van der Waals surface area contributed by atoms with Crippen molar-refractivity contribution in [1.29, 1.82) is 0 Å². The van der Waals surface area contributed by atoms with Gasteiger partial charge in [-0.25, -0.2) is 4.79 Å². The zero-order valence-electron chi connectivity index (χ0n) is 5.97. The Morgan fingerprint density at radius 3 is 2.42 bits per heavy atom. The number of alkyl halides is 3. The Kier molecular flexibility index (Phi) is 2.14. The first-order valence-corrected chi connectivity index (χ1v) is 3.21. The average molecular weight is 184 g/mol. The molecule has 0 aromatic heterocycles. The lowest BCUT2D eigenvalue weighted by Gasteiger charge is -2.38. The highest BCUT2D eigenvalue weighted by Crippen LogP contribution is 2.26. The average Bonchev–Trinajstić information content (AvgIpc) is 1.77. The van der Waals surface area contributed by atoms with Gasteiger partial charge in [-0.1, -0.05) is 0 Å². The summed E-state index contributed by atoms with van der Waals surface area (Å²) in [6, 6.07) is -0.893. The first-order chi connectivity index (χ1) is 5.40. The molecule has 1 heterocycles. The van der Waals surface area contributed by atoms with Crippen LogP contribution in [0.1, 0.15) is 6.42 Å². The molecule has 1 rings (SSSR count). The molecule has 2 N–H and O–H groups in total. The summed E-state index contributed by atoms with van der Waals surface area (Å²) in [5.41, 5.74) is 4.75. The summed E-state index contributed by atoms with van der Waals surface area (Å²) < 4.78 is 38.3. The van der Waals surface area contributed by atoms with Crippen LogP contribution in [0.25, 0.3) is 0 Å². The molecule has 0 saturated carbocycles. The number of amides is 2. The lowest BCUT2D eigenvalue weighted by atomic mass is 10.2. The normalized spacial score (nSPS) is 23.6. The minimum Gasteiger partial charge on any atom is -0.351 e. The Morgan fingerprint density at radius 2 is 2.17 bits per heavy atom. The molecule has 70 valence electrons. The van der Waals surface area contributed by atoms with Crippen LogP contribution >= 0.6 is 0 Å². The Bertz CT molecular complexity index is 194. The maximum Gasteiger partial charge on any atom is 0.524 e. The Morgan fingerprint density at radius 1 is 1.58 bits per heavy atom. The van der Waals surface area contributed by atoms with Crippen molar-refractivity contribution in [3.8, 4) is 0 Å². The lowest BCUT2D eigenvalue weighted by Crippen LogP contribution is -2.56. The van der Waals surface area contributed by atoms with Gasteiger partial charge in [0.25, 0.3) is 0 Å². The summed E-state index contributed by atoms with van der Waals surface area (Å²) >= 11 is 0. The SMILES string of the molecule is NC(=O)N1CCC1OC(F)(F)F. The standard InChI is InChI=1S/C5H7F3N2O2/c6-5(7,8)12-3-1-2-10(3)4(9)11/h3H,1-2H2,(H2,9,11). The van der Waals surface area contributed by atoms with Crippen molar-refractivity contribution < 1.29 is 22.7 Å². The van der Waals surface area contributed by atoms with Gasteiger partial charge in [0.1, 0.15) is 6.23 Å². The van der Waals surface area contributed by atoms with Crippen LogP contribution in [-0.2, 0) is 4.74 Å². The van der Waals surface area contributed by atoms with E-state index in [1.165, 1.54) is 0 Å². The van der Waals surface area contributed by atoms with Crippen LogP contribution in [0.5, 0.6) is 0 Å². The molecule has 0 aromatic carbocycles. The van der Waals surface area contributed by atoms with Gasteiger partial charge in [0.15, 0.2) is 0 Å². The molecule has 12 heavy (non-hydrogen) atoms. The molecule has 0 aliphatic carbocycles. The molecule has 1 fully saturated rings. The van der Waals surface area contributed by atoms with Crippen molar-refractivity contribution in [1.82, 2.24) is 4.90 Å². The Labute approximate surface area is 66.1 Å². The maximum atomic E-state index is 11.6. The molecule has 1 unspecified atom stereocenters. The van der Waals surface area contributed by atoms with E-state index in [0.29, 0.717) is 0 Å². The lowest BCUT2D eigenvalue weighted by molar-refractivity contribution is -0.367. The number of halogens is 3. The van der Waals surface area contributed by atoms with Crippen LogP contribution in [0.4, 0.5) is 18.0 Å². The van der Waals surface area contributed by atoms with E-state index in [-0.39, 0.29) is 13.0 Å². The number of carbonyl (C=O) groups excluding carboxylic acids is 1. The number of primary amides is 1.